The summed E-state index contributed by atoms with van der Waals surface area (Å²) in [5.41, 5.74) is 3.76. The zero-order valence-corrected chi connectivity index (χ0v) is 22.9. The van der Waals surface area contributed by atoms with E-state index in [0.29, 0.717) is 32.1 Å². The van der Waals surface area contributed by atoms with Gasteiger partial charge in [-0.3, -0.25) is 14.7 Å². The molecule has 0 radical (unpaired) electrons. The van der Waals surface area contributed by atoms with Crippen molar-refractivity contribution in [3.05, 3.63) is 102 Å². The number of nitrogens with zero attached hydrogens (tertiary/aromatic N) is 4. The van der Waals surface area contributed by atoms with E-state index in [-0.39, 0.29) is 18.3 Å². The summed E-state index contributed by atoms with van der Waals surface area (Å²) < 4.78 is 13.8. The Morgan fingerprint density at radius 1 is 1.00 bits per heavy atom. The molecule has 2 saturated heterocycles. The van der Waals surface area contributed by atoms with Crippen LogP contribution in [0.25, 0.3) is 10.8 Å². The van der Waals surface area contributed by atoms with Gasteiger partial charge < -0.3 is 20.2 Å². The van der Waals surface area contributed by atoms with E-state index in [2.05, 4.69) is 56.5 Å². The molecule has 2 aliphatic heterocycles. The molecule has 4 aromatic rings. The largest absolute Gasteiger partial charge is 0.389 e. The topological polar surface area (TPSA) is 71.9 Å². The molecule has 0 bridgehead atoms. The fraction of sp³-hybridized carbons (Fsp3) is 0.333. The number of anilines is 2. The maximum absolute atomic E-state index is 14.2. The van der Waals surface area contributed by atoms with Gasteiger partial charge in [0.2, 0.25) is 5.91 Å². The number of likely N-dealkylation sites (tertiary alicyclic amines) is 1. The maximum atomic E-state index is 14.2. The smallest absolute Gasteiger partial charge is 0.250 e. The average Bonchev–Trinajstić information content (AvgIpc) is 3.50. The minimum Gasteiger partial charge on any atom is -0.389 e. The van der Waals surface area contributed by atoms with E-state index < -0.39 is 11.6 Å². The highest BCUT2D eigenvalue weighted by Crippen LogP contribution is 2.45. The normalized spacial score (nSPS) is 20.7. The molecule has 2 atom stereocenters. The second-order valence-electron chi connectivity index (χ2n) is 11.5. The number of amides is 1. The Balaban J connectivity index is 1.10. The van der Waals surface area contributed by atoms with Crippen molar-refractivity contribution in [2.24, 2.45) is 0 Å². The number of benzene rings is 3. The van der Waals surface area contributed by atoms with Crippen LogP contribution in [-0.4, -0.2) is 70.3 Å². The minimum atomic E-state index is -0.741. The van der Waals surface area contributed by atoms with Crippen LogP contribution in [0.3, 0.4) is 0 Å². The van der Waals surface area contributed by atoms with Crippen molar-refractivity contribution >= 4 is 28.1 Å². The minimum absolute atomic E-state index is 0.0428. The predicted octanol–water partition coefficient (Wildman–Crippen LogP) is 4.59. The first-order chi connectivity index (χ1) is 20.0. The first kappa shape index (κ1) is 25.9. The number of carbonyl (C=O) groups is 1. The molecule has 3 aliphatic rings. The highest BCUT2D eigenvalue weighted by molar-refractivity contribution is 5.94. The molecule has 0 saturated carbocycles. The highest BCUT2D eigenvalue weighted by atomic mass is 19.1. The molecule has 7 nitrogen and oxygen atoms in total. The van der Waals surface area contributed by atoms with Crippen molar-refractivity contribution in [2.45, 2.75) is 36.9 Å². The number of aliphatic hydroxyl groups excluding tert-OH is 1. The van der Waals surface area contributed by atoms with Crippen LogP contribution in [0.1, 0.15) is 30.0 Å². The summed E-state index contributed by atoms with van der Waals surface area (Å²) in [5, 5.41) is 16.7. The number of aliphatic hydroxyl groups is 1. The van der Waals surface area contributed by atoms with Crippen molar-refractivity contribution in [2.75, 3.05) is 43.1 Å². The van der Waals surface area contributed by atoms with E-state index in [1.54, 1.807) is 29.4 Å². The van der Waals surface area contributed by atoms with Gasteiger partial charge in [0, 0.05) is 49.4 Å². The van der Waals surface area contributed by atoms with E-state index >= 15 is 0 Å². The summed E-state index contributed by atoms with van der Waals surface area (Å²) in [6.45, 7) is 2.49. The second kappa shape index (κ2) is 10.4. The van der Waals surface area contributed by atoms with Crippen LogP contribution < -0.4 is 10.2 Å². The number of β-amino-alcohol motifs (C(OH)–C–C–N with tert-alkyl or cyclic N) is 1. The summed E-state index contributed by atoms with van der Waals surface area (Å²) in [5.74, 6) is -0.256. The predicted molar refractivity (Wildman–Crippen MR) is 158 cm³/mol. The molecule has 2 N–H and O–H groups in total. The molecule has 2 unspecified atom stereocenters. The summed E-state index contributed by atoms with van der Waals surface area (Å²) >= 11 is 0. The lowest BCUT2D eigenvalue weighted by Gasteiger charge is -2.45. The molecule has 1 spiro atoms. The van der Waals surface area contributed by atoms with E-state index in [1.165, 1.54) is 34.0 Å². The molecular weight excluding hydrogens is 517 g/mol. The summed E-state index contributed by atoms with van der Waals surface area (Å²) in [6.07, 6.45) is 4.99. The van der Waals surface area contributed by atoms with Crippen LogP contribution in [0.2, 0.25) is 0 Å². The van der Waals surface area contributed by atoms with Crippen molar-refractivity contribution in [1.29, 1.82) is 0 Å². The number of aromatic nitrogens is 1. The molecule has 2 fully saturated rings. The van der Waals surface area contributed by atoms with Crippen LogP contribution in [0.5, 0.6) is 0 Å². The molecule has 1 aromatic heterocycles. The van der Waals surface area contributed by atoms with Gasteiger partial charge in [0.15, 0.2) is 0 Å². The standard InChI is InChI=1S/C33H34FN5O2/c34-25-7-9-27(10-8-25)39-22-38(21-28(40)20-36-26-11-15-35-16-12-26)32(41)33(39)13-17-37(18-14-33)30-19-24-5-1-3-23-4-2-6-29(30)31(23)24/h1-12,15-16,28,30,40H,13-14,17-22H2,(H,35,36). The van der Waals surface area contributed by atoms with Gasteiger partial charge in [0.05, 0.1) is 19.3 Å². The summed E-state index contributed by atoms with van der Waals surface area (Å²) in [7, 11) is 0. The number of hydrogen-bond donors (Lipinski definition) is 2. The van der Waals surface area contributed by atoms with Crippen LogP contribution in [0.4, 0.5) is 15.8 Å². The van der Waals surface area contributed by atoms with Crippen molar-refractivity contribution in [1.82, 2.24) is 14.8 Å². The summed E-state index contributed by atoms with van der Waals surface area (Å²) in [4.78, 5) is 24.6. The van der Waals surface area contributed by atoms with Gasteiger partial charge in [0.25, 0.3) is 0 Å². The van der Waals surface area contributed by atoms with Crippen LogP contribution in [0.15, 0.2) is 85.2 Å². The number of rotatable bonds is 7. The van der Waals surface area contributed by atoms with Gasteiger partial charge in [-0.15, -0.1) is 0 Å². The van der Waals surface area contributed by atoms with E-state index in [0.717, 1.165) is 30.9 Å². The number of halogens is 1. The first-order valence-corrected chi connectivity index (χ1v) is 14.4. The molecule has 3 aromatic carbocycles. The fourth-order valence-electron chi connectivity index (χ4n) is 7.13. The number of carbonyl (C=O) groups excluding carboxylic acids is 1. The molecular formula is C33H34FN5O2. The van der Waals surface area contributed by atoms with Crippen molar-refractivity contribution < 1.29 is 14.3 Å². The van der Waals surface area contributed by atoms with Gasteiger partial charge in [0.1, 0.15) is 11.4 Å². The molecule has 1 amide bonds. The van der Waals surface area contributed by atoms with Crippen molar-refractivity contribution in [3.63, 3.8) is 0 Å². The van der Waals surface area contributed by atoms with Crippen LogP contribution >= 0.6 is 0 Å². The van der Waals surface area contributed by atoms with Gasteiger partial charge in [-0.2, -0.15) is 0 Å². The average molecular weight is 552 g/mol. The molecule has 8 heteroatoms. The lowest BCUT2D eigenvalue weighted by molar-refractivity contribution is -0.134. The van der Waals surface area contributed by atoms with Crippen LogP contribution in [-0.2, 0) is 11.2 Å². The molecule has 41 heavy (non-hydrogen) atoms. The fourth-order valence-corrected chi connectivity index (χ4v) is 7.13. The Hall–Kier alpha value is -4.01. The molecule has 7 rings (SSSR count). The lowest BCUT2D eigenvalue weighted by atomic mass is 9.84. The number of pyridine rings is 1. The first-order valence-electron chi connectivity index (χ1n) is 14.4. The van der Waals surface area contributed by atoms with Crippen LogP contribution in [0, 0.1) is 5.82 Å². The molecule has 210 valence electrons. The van der Waals surface area contributed by atoms with Crippen molar-refractivity contribution in [3.8, 4) is 0 Å². The van der Waals surface area contributed by atoms with E-state index in [4.69, 9.17) is 0 Å². The Morgan fingerprint density at radius 3 is 2.49 bits per heavy atom. The SMILES string of the molecule is O=C1N(CC(O)CNc2ccncc2)CN(c2ccc(F)cc2)C12CCN(C1Cc3cccc4cccc1c34)CC2. The zero-order valence-electron chi connectivity index (χ0n) is 22.9. The van der Waals surface area contributed by atoms with Gasteiger partial charge >= 0.3 is 0 Å². The second-order valence-corrected chi connectivity index (χ2v) is 11.5. The van der Waals surface area contributed by atoms with Gasteiger partial charge in [-0.05, 0) is 77.6 Å². The Bertz CT molecular complexity index is 1550. The van der Waals surface area contributed by atoms with E-state index in [9.17, 15) is 14.3 Å². The Morgan fingerprint density at radius 2 is 1.73 bits per heavy atom. The zero-order chi connectivity index (χ0) is 28.0. The highest BCUT2D eigenvalue weighted by Gasteiger charge is 2.54. The number of nitrogens with one attached hydrogen (secondary N) is 1. The quantitative estimate of drug-likeness (QED) is 0.350. The third-order valence-corrected chi connectivity index (χ3v) is 9.17. The van der Waals surface area contributed by atoms with Gasteiger partial charge in [-0.25, -0.2) is 4.39 Å². The maximum Gasteiger partial charge on any atom is 0.250 e. The Labute approximate surface area is 239 Å². The third-order valence-electron chi connectivity index (χ3n) is 9.17. The third kappa shape index (κ3) is 4.61. The lowest BCUT2D eigenvalue weighted by Crippen LogP contribution is -2.57. The Kier molecular flexibility index (Phi) is 6.60. The monoisotopic (exact) mass is 551 g/mol. The molecule has 3 heterocycles. The van der Waals surface area contributed by atoms with E-state index in [1.807, 2.05) is 12.1 Å². The summed E-state index contributed by atoms with van der Waals surface area (Å²) in [6, 6.07) is 23.6. The number of hydrogen-bond acceptors (Lipinski definition) is 6. The van der Waals surface area contributed by atoms with Gasteiger partial charge in [-0.1, -0.05) is 36.4 Å². The number of piperidine rings is 1. The molecule has 1 aliphatic carbocycles.